The molecule has 8 heteroatoms. The molecule has 5 rings (SSSR count). The second-order valence-electron chi connectivity index (χ2n) is 7.79. The monoisotopic (exact) mass is 380 g/mol. The number of H-pyrrole nitrogens is 1. The normalized spacial score (nSPS) is 19.5. The summed E-state index contributed by atoms with van der Waals surface area (Å²) in [7, 11) is 0. The van der Waals surface area contributed by atoms with Crippen LogP contribution in [0.3, 0.4) is 0 Å². The van der Waals surface area contributed by atoms with E-state index < -0.39 is 0 Å². The molecule has 28 heavy (non-hydrogen) atoms. The molecule has 146 valence electrons. The lowest BCUT2D eigenvalue weighted by molar-refractivity contribution is 0.0520. The van der Waals surface area contributed by atoms with Crippen LogP contribution < -0.4 is 5.56 Å². The molecule has 1 amide bonds. The summed E-state index contributed by atoms with van der Waals surface area (Å²) >= 11 is 0. The van der Waals surface area contributed by atoms with Crippen LogP contribution in [-0.2, 0) is 0 Å². The van der Waals surface area contributed by atoms with Crippen LogP contribution in [0.5, 0.6) is 0 Å². The van der Waals surface area contributed by atoms with Crippen LogP contribution in [0.2, 0.25) is 0 Å². The Kier molecular flexibility index (Phi) is 4.35. The average Bonchev–Trinajstić information content (AvgIpc) is 3.20. The van der Waals surface area contributed by atoms with Crippen molar-refractivity contribution in [3.8, 4) is 0 Å². The standard InChI is InChI=1S/C20H24N6O2/c27-19-18-17(22-23-26(18)16-9-5-4-8-15(16)21-19)20(28)25-12-10-24(11-13-25)14-6-2-1-3-7-14/h4-5,8-9,14H,1-3,6-7,10-13H2,(H,21,27). The first-order valence-corrected chi connectivity index (χ1v) is 10.1. The van der Waals surface area contributed by atoms with E-state index in [2.05, 4.69) is 20.2 Å². The van der Waals surface area contributed by atoms with Crippen LogP contribution in [0.4, 0.5) is 0 Å². The number of para-hydroxylation sites is 2. The van der Waals surface area contributed by atoms with Gasteiger partial charge >= 0.3 is 0 Å². The number of piperazine rings is 1. The highest BCUT2D eigenvalue weighted by Crippen LogP contribution is 2.24. The van der Waals surface area contributed by atoms with Gasteiger partial charge in [0.25, 0.3) is 11.5 Å². The Hall–Kier alpha value is -2.74. The molecule has 1 aliphatic heterocycles. The number of amides is 1. The van der Waals surface area contributed by atoms with Gasteiger partial charge in [0.1, 0.15) is 0 Å². The Morgan fingerprint density at radius 1 is 1.04 bits per heavy atom. The van der Waals surface area contributed by atoms with Crippen LogP contribution in [0.1, 0.15) is 42.6 Å². The van der Waals surface area contributed by atoms with Gasteiger partial charge in [0, 0.05) is 32.2 Å². The second-order valence-corrected chi connectivity index (χ2v) is 7.79. The Morgan fingerprint density at radius 3 is 2.57 bits per heavy atom. The van der Waals surface area contributed by atoms with Crippen LogP contribution in [0, 0.1) is 0 Å². The Balaban J connectivity index is 1.39. The van der Waals surface area contributed by atoms with Crippen LogP contribution in [-0.4, -0.2) is 67.7 Å². The number of carbonyl (C=O) groups is 1. The number of nitrogens with one attached hydrogen (secondary N) is 1. The lowest BCUT2D eigenvalue weighted by atomic mass is 9.94. The molecule has 1 aliphatic carbocycles. The van der Waals surface area contributed by atoms with Crippen molar-refractivity contribution in [3.05, 3.63) is 40.3 Å². The Bertz CT molecular complexity index is 1070. The van der Waals surface area contributed by atoms with Gasteiger partial charge in [-0.2, -0.15) is 0 Å². The summed E-state index contributed by atoms with van der Waals surface area (Å²) in [4.78, 5) is 32.8. The van der Waals surface area contributed by atoms with Gasteiger partial charge in [-0.15, -0.1) is 5.10 Å². The molecule has 2 aliphatic rings. The van der Waals surface area contributed by atoms with Crippen molar-refractivity contribution in [2.75, 3.05) is 26.2 Å². The van der Waals surface area contributed by atoms with E-state index in [0.29, 0.717) is 24.6 Å². The molecule has 3 heterocycles. The summed E-state index contributed by atoms with van der Waals surface area (Å²) in [6.07, 6.45) is 6.51. The highest BCUT2D eigenvalue weighted by molar-refractivity contribution is 5.99. The number of carbonyl (C=O) groups excluding carboxylic acids is 1. The predicted molar refractivity (Wildman–Crippen MR) is 105 cm³/mol. The van der Waals surface area contributed by atoms with E-state index in [0.717, 1.165) is 18.6 Å². The van der Waals surface area contributed by atoms with Crippen molar-refractivity contribution in [3.63, 3.8) is 0 Å². The van der Waals surface area contributed by atoms with Gasteiger partial charge in [0.05, 0.1) is 11.0 Å². The molecular weight excluding hydrogens is 356 g/mol. The fraction of sp³-hybridized carbons (Fsp3) is 0.500. The first-order chi connectivity index (χ1) is 13.7. The second kappa shape index (κ2) is 7.01. The lowest BCUT2D eigenvalue weighted by Gasteiger charge is -2.40. The van der Waals surface area contributed by atoms with Crippen LogP contribution in [0.15, 0.2) is 29.1 Å². The highest BCUT2D eigenvalue weighted by atomic mass is 16.2. The Labute approximate surface area is 162 Å². The molecule has 0 atom stereocenters. The molecule has 1 saturated heterocycles. The predicted octanol–water partition coefficient (Wildman–Crippen LogP) is 1.66. The van der Waals surface area contributed by atoms with E-state index >= 15 is 0 Å². The molecule has 2 fully saturated rings. The number of aromatic amines is 1. The summed E-state index contributed by atoms with van der Waals surface area (Å²) < 4.78 is 1.47. The molecule has 2 aromatic heterocycles. The number of aromatic nitrogens is 4. The first kappa shape index (κ1) is 17.4. The topological polar surface area (TPSA) is 86.6 Å². The average molecular weight is 380 g/mol. The number of hydrogen-bond donors (Lipinski definition) is 1. The zero-order valence-corrected chi connectivity index (χ0v) is 15.8. The molecule has 0 spiro atoms. The maximum atomic E-state index is 13.1. The summed E-state index contributed by atoms with van der Waals surface area (Å²) in [6, 6.07) is 8.04. The van der Waals surface area contributed by atoms with Crippen molar-refractivity contribution in [1.29, 1.82) is 0 Å². The SMILES string of the molecule is O=C(c1nnn2c1c(=O)[nH]c1ccccc12)N1CCN(C2CCCCC2)CC1. The third-order valence-electron chi connectivity index (χ3n) is 6.16. The number of nitrogens with zero attached hydrogens (tertiary/aromatic N) is 5. The van der Waals surface area contributed by atoms with E-state index in [1.54, 1.807) is 4.90 Å². The molecule has 1 N–H and O–H groups in total. The van der Waals surface area contributed by atoms with Crippen molar-refractivity contribution in [2.24, 2.45) is 0 Å². The fourth-order valence-corrected chi connectivity index (χ4v) is 4.63. The minimum atomic E-state index is -0.340. The van der Waals surface area contributed by atoms with E-state index in [1.807, 2.05) is 24.3 Å². The number of fused-ring (bicyclic) bond motifs is 3. The van der Waals surface area contributed by atoms with E-state index in [1.165, 1.54) is 36.6 Å². The molecule has 3 aromatic rings. The number of hydrogen-bond acceptors (Lipinski definition) is 5. The summed E-state index contributed by atoms with van der Waals surface area (Å²) in [5.41, 5.74) is 1.42. The first-order valence-electron chi connectivity index (χ1n) is 10.1. The van der Waals surface area contributed by atoms with Crippen molar-refractivity contribution < 1.29 is 4.79 Å². The quantitative estimate of drug-likeness (QED) is 0.731. The smallest absolute Gasteiger partial charge is 0.277 e. The van der Waals surface area contributed by atoms with Gasteiger partial charge in [-0.1, -0.05) is 36.6 Å². The van der Waals surface area contributed by atoms with Gasteiger partial charge in [-0.05, 0) is 25.0 Å². The van der Waals surface area contributed by atoms with Crippen LogP contribution >= 0.6 is 0 Å². The largest absolute Gasteiger partial charge is 0.335 e. The van der Waals surface area contributed by atoms with Crippen molar-refractivity contribution in [2.45, 2.75) is 38.1 Å². The number of benzene rings is 1. The van der Waals surface area contributed by atoms with E-state index in [-0.39, 0.29) is 22.7 Å². The zero-order valence-electron chi connectivity index (χ0n) is 15.8. The van der Waals surface area contributed by atoms with Gasteiger partial charge in [0.15, 0.2) is 11.2 Å². The van der Waals surface area contributed by atoms with Crippen molar-refractivity contribution >= 4 is 22.5 Å². The summed E-state index contributed by atoms with van der Waals surface area (Å²) in [5, 5.41) is 8.18. The highest BCUT2D eigenvalue weighted by Gasteiger charge is 2.30. The van der Waals surface area contributed by atoms with Gasteiger partial charge in [-0.25, -0.2) is 4.52 Å². The van der Waals surface area contributed by atoms with E-state index in [4.69, 9.17) is 0 Å². The van der Waals surface area contributed by atoms with Crippen molar-refractivity contribution in [1.82, 2.24) is 29.6 Å². The third-order valence-corrected chi connectivity index (χ3v) is 6.16. The molecule has 8 nitrogen and oxygen atoms in total. The third kappa shape index (κ3) is 2.88. The van der Waals surface area contributed by atoms with Gasteiger partial charge in [-0.3, -0.25) is 14.5 Å². The lowest BCUT2D eigenvalue weighted by Crippen LogP contribution is -2.52. The maximum absolute atomic E-state index is 13.1. The van der Waals surface area contributed by atoms with E-state index in [9.17, 15) is 9.59 Å². The molecule has 1 aromatic carbocycles. The summed E-state index contributed by atoms with van der Waals surface area (Å²) in [5.74, 6) is -0.209. The number of rotatable bonds is 2. The minimum Gasteiger partial charge on any atom is -0.335 e. The molecule has 0 unspecified atom stereocenters. The molecular formula is C20H24N6O2. The summed E-state index contributed by atoms with van der Waals surface area (Å²) in [6.45, 7) is 3.10. The maximum Gasteiger partial charge on any atom is 0.277 e. The fourth-order valence-electron chi connectivity index (χ4n) is 4.63. The molecule has 0 bridgehead atoms. The molecule has 1 saturated carbocycles. The minimum absolute atomic E-state index is 0.137. The molecule has 0 radical (unpaired) electrons. The van der Waals surface area contributed by atoms with Crippen LogP contribution in [0.25, 0.3) is 16.6 Å². The van der Waals surface area contributed by atoms with Gasteiger partial charge in [0.2, 0.25) is 0 Å². The van der Waals surface area contributed by atoms with Gasteiger partial charge < -0.3 is 9.88 Å². The zero-order chi connectivity index (χ0) is 19.1. The Morgan fingerprint density at radius 2 is 1.79 bits per heavy atom.